The molecule has 0 saturated heterocycles. The van der Waals surface area contributed by atoms with Gasteiger partial charge in [0.15, 0.2) is 0 Å². The molecule has 0 unspecified atom stereocenters. The minimum atomic E-state index is -0.104. The molecule has 1 aliphatic rings. The normalized spacial score (nSPS) is 13.7. The summed E-state index contributed by atoms with van der Waals surface area (Å²) in [7, 11) is 0. The van der Waals surface area contributed by atoms with Crippen molar-refractivity contribution >= 4 is 43.1 Å². The molecule has 0 fully saturated rings. The molecule has 0 bridgehead atoms. The van der Waals surface area contributed by atoms with Gasteiger partial charge in [-0.25, -0.2) is 0 Å². The molecular formula is C50H39N. The number of fused-ring (bicyclic) bond motifs is 4. The fourth-order valence-corrected chi connectivity index (χ4v) is 8.71. The van der Waals surface area contributed by atoms with E-state index in [4.69, 9.17) is 0 Å². The Balaban J connectivity index is 1.02. The molecule has 1 nitrogen and oxygen atoms in total. The van der Waals surface area contributed by atoms with E-state index in [1.54, 1.807) is 0 Å². The molecule has 244 valence electrons. The van der Waals surface area contributed by atoms with Gasteiger partial charge in [0.1, 0.15) is 0 Å². The maximum Gasteiger partial charge on any atom is 0.0702 e. The monoisotopic (exact) mass is 653 g/mol. The van der Waals surface area contributed by atoms with Crippen LogP contribution in [-0.2, 0) is 10.8 Å². The first-order valence-corrected chi connectivity index (χ1v) is 18.1. The van der Waals surface area contributed by atoms with Crippen LogP contribution < -0.4 is 0 Å². The first-order chi connectivity index (χ1) is 24.6. The lowest BCUT2D eigenvalue weighted by atomic mass is 9.81. The van der Waals surface area contributed by atoms with Crippen molar-refractivity contribution in [1.29, 1.82) is 0 Å². The van der Waals surface area contributed by atoms with Crippen LogP contribution in [-0.4, -0.2) is 4.98 Å². The molecule has 0 N–H and O–H groups in total. The Kier molecular flexibility index (Phi) is 6.25. The van der Waals surface area contributed by atoms with Crippen molar-refractivity contribution in [2.45, 2.75) is 45.4 Å². The Labute approximate surface area is 299 Å². The van der Waals surface area contributed by atoms with E-state index in [-0.39, 0.29) is 10.8 Å². The molecule has 1 aliphatic carbocycles. The second kappa shape index (κ2) is 10.6. The molecule has 51 heavy (non-hydrogen) atoms. The third-order valence-electron chi connectivity index (χ3n) is 11.6. The van der Waals surface area contributed by atoms with Crippen LogP contribution in [0.15, 0.2) is 146 Å². The number of nitrogens with zero attached hydrogens (tertiary/aromatic N) is 1. The van der Waals surface area contributed by atoms with E-state index in [2.05, 4.69) is 173 Å². The standard InChI is InChI=1S/C50H39N/c1-49(2,3)39-26-37-14-9-30-15-19-40(43-22-18-38(27-39)47(37)48(30)43)35-13-12-31-24-32(10-11-33(31)25-35)34-16-20-41-42-21-17-36(46-8-6-7-23-51-46)29-45(42)50(4,5)44(41)28-34/h6-29H,1-5H3. The summed E-state index contributed by atoms with van der Waals surface area (Å²) in [5.41, 5.74) is 14.0. The summed E-state index contributed by atoms with van der Waals surface area (Å²) in [4.78, 5) is 4.61. The van der Waals surface area contributed by atoms with Crippen LogP contribution in [0.25, 0.3) is 87.7 Å². The van der Waals surface area contributed by atoms with Crippen molar-refractivity contribution in [2.75, 3.05) is 0 Å². The van der Waals surface area contributed by atoms with E-state index in [1.165, 1.54) is 98.7 Å². The molecule has 1 heterocycles. The minimum absolute atomic E-state index is 0.104. The van der Waals surface area contributed by atoms with Crippen molar-refractivity contribution in [3.8, 4) is 44.6 Å². The van der Waals surface area contributed by atoms with E-state index >= 15 is 0 Å². The first kappa shape index (κ1) is 30.1. The highest BCUT2D eigenvalue weighted by atomic mass is 14.7. The predicted molar refractivity (Wildman–Crippen MR) is 218 cm³/mol. The molecule has 1 heteroatoms. The maximum absolute atomic E-state index is 4.61. The lowest BCUT2D eigenvalue weighted by Crippen LogP contribution is -2.15. The van der Waals surface area contributed by atoms with E-state index in [1.807, 2.05) is 12.3 Å². The molecule has 1 aromatic heterocycles. The van der Waals surface area contributed by atoms with Crippen molar-refractivity contribution in [1.82, 2.24) is 4.98 Å². The van der Waals surface area contributed by atoms with Gasteiger partial charge < -0.3 is 0 Å². The minimum Gasteiger partial charge on any atom is -0.256 e. The maximum atomic E-state index is 4.61. The Morgan fingerprint density at radius 1 is 0.451 bits per heavy atom. The quantitative estimate of drug-likeness (QED) is 0.173. The third-order valence-corrected chi connectivity index (χ3v) is 11.6. The van der Waals surface area contributed by atoms with Gasteiger partial charge in [-0.3, -0.25) is 4.98 Å². The molecule has 0 amide bonds. The Bertz CT molecular complexity index is 2830. The average molecular weight is 654 g/mol. The van der Waals surface area contributed by atoms with Crippen molar-refractivity contribution < 1.29 is 0 Å². The molecule has 0 spiro atoms. The van der Waals surface area contributed by atoms with Crippen LogP contribution in [0.5, 0.6) is 0 Å². The second-order valence-electron chi connectivity index (χ2n) is 16.1. The number of aromatic nitrogens is 1. The van der Waals surface area contributed by atoms with Crippen LogP contribution in [0.4, 0.5) is 0 Å². The highest BCUT2D eigenvalue weighted by Crippen LogP contribution is 2.51. The lowest BCUT2D eigenvalue weighted by molar-refractivity contribution is 0.591. The number of benzene rings is 8. The molecule has 0 atom stereocenters. The van der Waals surface area contributed by atoms with Gasteiger partial charge >= 0.3 is 0 Å². The largest absolute Gasteiger partial charge is 0.256 e. The van der Waals surface area contributed by atoms with Gasteiger partial charge in [0.05, 0.1) is 5.69 Å². The topological polar surface area (TPSA) is 12.9 Å². The number of hydrogen-bond donors (Lipinski definition) is 0. The number of pyridine rings is 1. The van der Waals surface area contributed by atoms with E-state index in [0.29, 0.717) is 0 Å². The number of hydrogen-bond acceptors (Lipinski definition) is 1. The average Bonchev–Trinajstić information content (AvgIpc) is 3.38. The SMILES string of the molecule is CC(C)(C)c1cc2ccc3ccc(-c4ccc5cc(-c6ccc7c(c6)C(C)(C)c6cc(-c8ccccn8)ccc6-7)ccc5c4)c4ccc(c1)c2c34. The van der Waals surface area contributed by atoms with Gasteiger partial charge in [-0.15, -0.1) is 0 Å². The molecular weight excluding hydrogens is 615 g/mol. The second-order valence-corrected chi connectivity index (χ2v) is 16.1. The Morgan fingerprint density at radius 2 is 1.00 bits per heavy atom. The van der Waals surface area contributed by atoms with Crippen LogP contribution in [0.1, 0.15) is 51.3 Å². The third kappa shape index (κ3) is 4.58. The van der Waals surface area contributed by atoms with Crippen LogP contribution >= 0.6 is 0 Å². The number of rotatable bonds is 3. The lowest BCUT2D eigenvalue weighted by Gasteiger charge is -2.22. The molecule has 0 radical (unpaired) electrons. The molecule has 8 aromatic carbocycles. The summed E-state index contributed by atoms with van der Waals surface area (Å²) in [6.07, 6.45) is 1.87. The summed E-state index contributed by atoms with van der Waals surface area (Å²) in [6.45, 7) is 11.6. The predicted octanol–water partition coefficient (Wildman–Crippen LogP) is 13.7. The summed E-state index contributed by atoms with van der Waals surface area (Å²) in [5.74, 6) is 0. The van der Waals surface area contributed by atoms with Crippen LogP contribution in [0, 0.1) is 0 Å². The van der Waals surface area contributed by atoms with Crippen LogP contribution in [0.3, 0.4) is 0 Å². The van der Waals surface area contributed by atoms with Crippen molar-refractivity contribution in [3.63, 3.8) is 0 Å². The summed E-state index contributed by atoms with van der Waals surface area (Å²) < 4.78 is 0. The fraction of sp³-hybridized carbons (Fsp3) is 0.140. The fourth-order valence-electron chi connectivity index (χ4n) is 8.71. The summed E-state index contributed by atoms with van der Waals surface area (Å²) >= 11 is 0. The van der Waals surface area contributed by atoms with Gasteiger partial charge in [-0.05, 0) is 135 Å². The Morgan fingerprint density at radius 3 is 1.71 bits per heavy atom. The molecule has 10 rings (SSSR count). The molecule has 0 aliphatic heterocycles. The van der Waals surface area contributed by atoms with Crippen LogP contribution in [0.2, 0.25) is 0 Å². The van der Waals surface area contributed by atoms with Crippen molar-refractivity contribution in [2.24, 2.45) is 0 Å². The molecule has 9 aromatic rings. The Hall–Kier alpha value is -5.79. The zero-order valence-electron chi connectivity index (χ0n) is 29.8. The van der Waals surface area contributed by atoms with E-state index in [9.17, 15) is 0 Å². The first-order valence-electron chi connectivity index (χ1n) is 18.1. The van der Waals surface area contributed by atoms with Gasteiger partial charge in [-0.1, -0.05) is 138 Å². The highest BCUT2D eigenvalue weighted by molar-refractivity contribution is 6.25. The molecule has 0 saturated carbocycles. The van der Waals surface area contributed by atoms with E-state index < -0.39 is 0 Å². The zero-order valence-corrected chi connectivity index (χ0v) is 29.8. The summed E-state index contributed by atoms with van der Waals surface area (Å²) in [6, 6.07) is 52.5. The summed E-state index contributed by atoms with van der Waals surface area (Å²) in [5, 5.41) is 10.5. The zero-order chi connectivity index (χ0) is 34.6. The van der Waals surface area contributed by atoms with Gasteiger partial charge in [0.25, 0.3) is 0 Å². The highest BCUT2D eigenvalue weighted by Gasteiger charge is 2.36. The van der Waals surface area contributed by atoms with E-state index in [0.717, 1.165) is 5.69 Å². The van der Waals surface area contributed by atoms with Gasteiger partial charge in [0.2, 0.25) is 0 Å². The van der Waals surface area contributed by atoms with Crippen molar-refractivity contribution in [3.05, 3.63) is 162 Å². The van der Waals surface area contributed by atoms with Gasteiger partial charge in [0, 0.05) is 17.2 Å². The van der Waals surface area contributed by atoms with Gasteiger partial charge in [-0.2, -0.15) is 0 Å². The smallest absolute Gasteiger partial charge is 0.0702 e.